The number of hydrogen-bond acceptors (Lipinski definition) is 6. The smallest absolute Gasteiger partial charge is 0.338 e. The fourth-order valence-corrected chi connectivity index (χ4v) is 4.66. The molecule has 3 rings (SSSR count). The van der Waals surface area contributed by atoms with Gasteiger partial charge in [0.25, 0.3) is 5.91 Å². The third-order valence-corrected chi connectivity index (χ3v) is 6.59. The number of hydrogen-bond donors (Lipinski definition) is 1. The minimum Gasteiger partial charge on any atom is -0.452 e. The Morgan fingerprint density at radius 1 is 1.15 bits per heavy atom. The molecule has 2 heterocycles. The highest BCUT2D eigenvalue weighted by molar-refractivity contribution is 7.89. The second-order valence-corrected chi connectivity index (χ2v) is 8.59. The summed E-state index contributed by atoms with van der Waals surface area (Å²) in [4.78, 5) is 23.9. The van der Waals surface area contributed by atoms with Gasteiger partial charge >= 0.3 is 5.97 Å². The molecule has 0 saturated carbocycles. The molecule has 0 unspecified atom stereocenters. The van der Waals surface area contributed by atoms with Gasteiger partial charge in [-0.15, -0.1) is 0 Å². The maximum Gasteiger partial charge on any atom is 0.338 e. The highest BCUT2D eigenvalue weighted by Crippen LogP contribution is 2.21. The van der Waals surface area contributed by atoms with Crippen molar-refractivity contribution in [1.29, 1.82) is 0 Å². The van der Waals surface area contributed by atoms with Crippen molar-refractivity contribution in [2.45, 2.75) is 36.7 Å². The zero-order valence-corrected chi connectivity index (χ0v) is 15.9. The van der Waals surface area contributed by atoms with Crippen LogP contribution >= 0.6 is 0 Å². The SMILES string of the molecule is O=C(COC(=O)c1ccc(S(=O)(=O)N2CCCC2)cc1)NC[C@@H]1CCCO1. The summed E-state index contributed by atoms with van der Waals surface area (Å²) in [6.07, 6.45) is 3.64. The van der Waals surface area contributed by atoms with E-state index in [1.165, 1.54) is 28.6 Å². The van der Waals surface area contributed by atoms with Crippen molar-refractivity contribution < 1.29 is 27.5 Å². The van der Waals surface area contributed by atoms with E-state index < -0.39 is 21.9 Å². The molecule has 1 aromatic rings. The molecular weight excluding hydrogens is 372 g/mol. The normalized spacial score (nSPS) is 20.5. The van der Waals surface area contributed by atoms with Gasteiger partial charge in [-0.3, -0.25) is 4.79 Å². The summed E-state index contributed by atoms with van der Waals surface area (Å²) >= 11 is 0. The Bertz CT molecular complexity index is 766. The maximum atomic E-state index is 12.5. The summed E-state index contributed by atoms with van der Waals surface area (Å²) in [7, 11) is -3.52. The second kappa shape index (κ2) is 8.81. The molecule has 0 aliphatic carbocycles. The van der Waals surface area contributed by atoms with E-state index in [0.29, 0.717) is 26.2 Å². The van der Waals surface area contributed by atoms with Crippen LogP contribution < -0.4 is 5.32 Å². The Balaban J connectivity index is 1.49. The Morgan fingerprint density at radius 3 is 2.48 bits per heavy atom. The van der Waals surface area contributed by atoms with Crippen molar-refractivity contribution in [3.8, 4) is 0 Å². The van der Waals surface area contributed by atoms with Crippen molar-refractivity contribution in [3.63, 3.8) is 0 Å². The van der Waals surface area contributed by atoms with Crippen LogP contribution in [0, 0.1) is 0 Å². The molecule has 8 nitrogen and oxygen atoms in total. The first-order valence-corrected chi connectivity index (χ1v) is 10.6. The Labute approximate surface area is 158 Å². The molecule has 1 atom stereocenters. The summed E-state index contributed by atoms with van der Waals surface area (Å²) in [5, 5.41) is 2.67. The van der Waals surface area contributed by atoms with E-state index in [-0.39, 0.29) is 23.2 Å². The second-order valence-electron chi connectivity index (χ2n) is 6.65. The molecule has 2 fully saturated rings. The van der Waals surface area contributed by atoms with Gasteiger partial charge in [0.2, 0.25) is 10.0 Å². The number of esters is 1. The average molecular weight is 396 g/mol. The van der Waals surface area contributed by atoms with Crippen LogP contribution in [0.5, 0.6) is 0 Å². The number of nitrogens with zero attached hydrogens (tertiary/aromatic N) is 1. The molecule has 2 aliphatic rings. The number of ether oxygens (including phenoxy) is 2. The van der Waals surface area contributed by atoms with Crippen LogP contribution in [0.15, 0.2) is 29.2 Å². The zero-order valence-electron chi connectivity index (χ0n) is 15.1. The van der Waals surface area contributed by atoms with Crippen LogP contribution in [0.2, 0.25) is 0 Å². The van der Waals surface area contributed by atoms with E-state index >= 15 is 0 Å². The molecule has 1 amide bonds. The largest absolute Gasteiger partial charge is 0.452 e. The minimum atomic E-state index is -3.52. The standard InChI is InChI=1S/C18H24N2O6S/c21-17(19-12-15-4-3-11-25-15)13-26-18(22)14-5-7-16(8-6-14)27(23,24)20-9-1-2-10-20/h5-8,15H,1-4,9-13H2,(H,19,21)/t15-/m0/s1. The first kappa shape index (κ1) is 19.8. The summed E-state index contributed by atoms with van der Waals surface area (Å²) in [6.45, 7) is 1.76. The molecule has 2 aliphatic heterocycles. The molecule has 0 radical (unpaired) electrons. The Hall–Kier alpha value is -1.97. The summed E-state index contributed by atoms with van der Waals surface area (Å²) in [5.74, 6) is -1.07. The summed E-state index contributed by atoms with van der Waals surface area (Å²) in [5.41, 5.74) is 0.197. The minimum absolute atomic E-state index is 0.0229. The molecule has 0 spiro atoms. The van der Waals surface area contributed by atoms with E-state index in [1.54, 1.807) is 0 Å². The lowest BCUT2D eigenvalue weighted by atomic mass is 10.2. The van der Waals surface area contributed by atoms with E-state index in [9.17, 15) is 18.0 Å². The zero-order chi connectivity index (χ0) is 19.3. The highest BCUT2D eigenvalue weighted by atomic mass is 32.2. The first-order chi connectivity index (χ1) is 13.0. The van der Waals surface area contributed by atoms with Crippen LogP contribution in [0.4, 0.5) is 0 Å². The predicted molar refractivity (Wildman–Crippen MR) is 96.7 cm³/mol. The number of rotatable bonds is 7. The maximum absolute atomic E-state index is 12.5. The molecule has 27 heavy (non-hydrogen) atoms. The number of benzene rings is 1. The van der Waals surface area contributed by atoms with Gasteiger partial charge in [-0.1, -0.05) is 0 Å². The molecular formula is C18H24N2O6S. The van der Waals surface area contributed by atoms with E-state index in [4.69, 9.17) is 9.47 Å². The molecule has 9 heteroatoms. The van der Waals surface area contributed by atoms with Gasteiger partial charge in [0.1, 0.15) is 0 Å². The van der Waals surface area contributed by atoms with E-state index in [0.717, 1.165) is 25.7 Å². The highest BCUT2D eigenvalue weighted by Gasteiger charge is 2.27. The van der Waals surface area contributed by atoms with Crippen LogP contribution in [0.1, 0.15) is 36.0 Å². The van der Waals surface area contributed by atoms with Crippen LogP contribution in [0.25, 0.3) is 0 Å². The van der Waals surface area contributed by atoms with Gasteiger partial charge in [0.15, 0.2) is 6.61 Å². The molecule has 148 valence electrons. The third kappa shape index (κ3) is 5.06. The lowest BCUT2D eigenvalue weighted by molar-refractivity contribution is -0.124. The molecule has 0 aromatic heterocycles. The lowest BCUT2D eigenvalue weighted by Crippen LogP contribution is -2.34. The van der Waals surface area contributed by atoms with E-state index in [1.807, 2.05) is 0 Å². The van der Waals surface area contributed by atoms with Gasteiger partial charge in [-0.2, -0.15) is 4.31 Å². The van der Waals surface area contributed by atoms with Crippen molar-refractivity contribution in [2.75, 3.05) is 32.8 Å². The Morgan fingerprint density at radius 2 is 1.85 bits per heavy atom. The number of sulfonamides is 1. The van der Waals surface area contributed by atoms with Crippen molar-refractivity contribution in [3.05, 3.63) is 29.8 Å². The number of amides is 1. The predicted octanol–water partition coefficient (Wildman–Crippen LogP) is 0.923. The fourth-order valence-electron chi connectivity index (χ4n) is 3.14. The van der Waals surface area contributed by atoms with Gasteiger partial charge in [-0.25, -0.2) is 13.2 Å². The Kier molecular flexibility index (Phi) is 6.46. The summed E-state index contributed by atoms with van der Waals surface area (Å²) < 4.78 is 36.7. The lowest BCUT2D eigenvalue weighted by Gasteiger charge is -2.15. The molecule has 1 N–H and O–H groups in total. The van der Waals surface area contributed by atoms with E-state index in [2.05, 4.69) is 5.32 Å². The van der Waals surface area contributed by atoms with Crippen molar-refractivity contribution in [1.82, 2.24) is 9.62 Å². The first-order valence-electron chi connectivity index (χ1n) is 9.12. The van der Waals surface area contributed by atoms with Crippen LogP contribution in [-0.2, 0) is 24.3 Å². The molecule has 1 aromatic carbocycles. The average Bonchev–Trinajstić information content (AvgIpc) is 3.38. The fraction of sp³-hybridized carbons (Fsp3) is 0.556. The molecule has 2 saturated heterocycles. The van der Waals surface area contributed by atoms with Crippen molar-refractivity contribution in [2.24, 2.45) is 0 Å². The number of carbonyl (C=O) groups excluding carboxylic acids is 2. The van der Waals surface area contributed by atoms with Crippen LogP contribution in [-0.4, -0.2) is 63.6 Å². The number of nitrogens with one attached hydrogen (secondary N) is 1. The van der Waals surface area contributed by atoms with Crippen molar-refractivity contribution >= 4 is 21.9 Å². The third-order valence-electron chi connectivity index (χ3n) is 4.68. The van der Waals surface area contributed by atoms with Crippen LogP contribution in [0.3, 0.4) is 0 Å². The monoisotopic (exact) mass is 396 g/mol. The quantitative estimate of drug-likeness (QED) is 0.688. The summed E-state index contributed by atoms with van der Waals surface area (Å²) in [6, 6.07) is 5.58. The number of carbonyl (C=O) groups is 2. The van der Waals surface area contributed by atoms with Gasteiger partial charge in [-0.05, 0) is 49.9 Å². The molecule has 0 bridgehead atoms. The topological polar surface area (TPSA) is 102 Å². The van der Waals surface area contributed by atoms with Gasteiger partial charge < -0.3 is 14.8 Å². The van der Waals surface area contributed by atoms with Gasteiger partial charge in [0.05, 0.1) is 16.6 Å². The van der Waals surface area contributed by atoms with Gasteiger partial charge in [0, 0.05) is 26.2 Å².